The molecule has 192 valence electrons. The third kappa shape index (κ3) is 4.68. The molecule has 0 N–H and O–H groups in total. The Balaban J connectivity index is 1.83. The van der Waals surface area contributed by atoms with E-state index in [0.29, 0.717) is 24.1 Å². The Morgan fingerprint density at radius 1 is 1.03 bits per heavy atom. The van der Waals surface area contributed by atoms with Crippen LogP contribution in [0.15, 0.2) is 18.2 Å². The maximum absolute atomic E-state index is 14.0. The topological polar surface area (TPSA) is 32.3 Å². The van der Waals surface area contributed by atoms with Gasteiger partial charge in [0.05, 0.1) is 11.3 Å². The van der Waals surface area contributed by atoms with Crippen LogP contribution in [0.2, 0.25) is 0 Å². The fraction of sp³-hybridized carbons (Fsp3) is 0.600. The minimum atomic E-state index is -4.90. The molecule has 1 aromatic carbocycles. The summed E-state index contributed by atoms with van der Waals surface area (Å²) >= 11 is 0. The molecular weight excluding hydrogens is 470 g/mol. The first-order valence-corrected chi connectivity index (χ1v) is 12.1. The molecular formula is C25H30F6N4. The van der Waals surface area contributed by atoms with Crippen LogP contribution in [0.3, 0.4) is 0 Å². The standard InChI is InChI=1S/C25H30F6N4/c1-4-6-18(7-5-2)35-13-16-10-11-34(22-21(16)23(35)33-15(3)32-22)20-9-8-17(24(27,28)14-26)12-19(20)25(29,30)31/h8-9,12,16,18H,4-7,10-11,13-14H2,1-3H3/t16-/m1/s1. The van der Waals surface area contributed by atoms with Crippen LogP contribution in [-0.2, 0) is 12.1 Å². The summed E-state index contributed by atoms with van der Waals surface area (Å²) in [5.74, 6) is -2.29. The Morgan fingerprint density at radius 2 is 1.69 bits per heavy atom. The first kappa shape index (κ1) is 25.6. The lowest BCUT2D eigenvalue weighted by Gasteiger charge is -2.34. The lowest BCUT2D eigenvalue weighted by Crippen LogP contribution is -2.35. The summed E-state index contributed by atoms with van der Waals surface area (Å²) in [6.45, 7) is 4.90. The van der Waals surface area contributed by atoms with Crippen LogP contribution in [0.4, 0.5) is 43.7 Å². The van der Waals surface area contributed by atoms with Crippen molar-refractivity contribution in [2.75, 3.05) is 29.6 Å². The largest absolute Gasteiger partial charge is 0.418 e. The highest BCUT2D eigenvalue weighted by molar-refractivity contribution is 5.75. The van der Waals surface area contributed by atoms with Gasteiger partial charge < -0.3 is 9.80 Å². The van der Waals surface area contributed by atoms with Gasteiger partial charge >= 0.3 is 12.1 Å². The second-order valence-corrected chi connectivity index (χ2v) is 9.42. The van der Waals surface area contributed by atoms with Gasteiger partial charge in [0.1, 0.15) is 17.5 Å². The number of hydrogen-bond donors (Lipinski definition) is 0. The number of nitrogens with zero attached hydrogens (tertiary/aromatic N) is 4. The van der Waals surface area contributed by atoms with Crippen LogP contribution >= 0.6 is 0 Å². The Morgan fingerprint density at radius 3 is 2.29 bits per heavy atom. The zero-order valence-corrected chi connectivity index (χ0v) is 20.1. The molecule has 0 fully saturated rings. The number of anilines is 3. The predicted molar refractivity (Wildman–Crippen MR) is 123 cm³/mol. The second kappa shape index (κ2) is 9.50. The first-order valence-electron chi connectivity index (χ1n) is 12.1. The van der Waals surface area contributed by atoms with Crippen molar-refractivity contribution in [2.24, 2.45) is 0 Å². The van der Waals surface area contributed by atoms with E-state index in [2.05, 4.69) is 23.7 Å². The van der Waals surface area contributed by atoms with Gasteiger partial charge in [-0.25, -0.2) is 14.4 Å². The lowest BCUT2D eigenvalue weighted by atomic mass is 9.93. The maximum Gasteiger partial charge on any atom is 0.418 e. The maximum atomic E-state index is 14.0. The molecule has 4 rings (SSSR count). The fourth-order valence-corrected chi connectivity index (χ4v) is 5.37. The van der Waals surface area contributed by atoms with Gasteiger partial charge in [0, 0.05) is 36.2 Å². The molecule has 0 bridgehead atoms. The minimum Gasteiger partial charge on any atom is -0.353 e. The SMILES string of the molecule is CCCC(CCC)N1C[C@H]2CCN(c3ccc(C(F)(F)CF)cc3C(F)(F)F)c3nc(C)nc1c32. The molecule has 2 aliphatic rings. The fourth-order valence-electron chi connectivity index (χ4n) is 5.37. The highest BCUT2D eigenvalue weighted by atomic mass is 19.4. The summed E-state index contributed by atoms with van der Waals surface area (Å²) in [6, 6.07) is 2.53. The van der Waals surface area contributed by atoms with E-state index in [9.17, 15) is 26.3 Å². The summed E-state index contributed by atoms with van der Waals surface area (Å²) in [5.41, 5.74) is -1.66. The molecule has 0 saturated carbocycles. The minimum absolute atomic E-state index is 0.0949. The first-order chi connectivity index (χ1) is 16.5. The lowest BCUT2D eigenvalue weighted by molar-refractivity contribution is -0.137. The number of aromatic nitrogens is 2. The third-order valence-corrected chi connectivity index (χ3v) is 6.94. The van der Waals surface area contributed by atoms with Gasteiger partial charge in [-0.1, -0.05) is 32.8 Å². The number of aryl methyl sites for hydroxylation is 1. The Hall–Kier alpha value is -2.52. The smallest absolute Gasteiger partial charge is 0.353 e. The van der Waals surface area contributed by atoms with E-state index in [-0.39, 0.29) is 24.2 Å². The number of hydrogen-bond acceptors (Lipinski definition) is 4. The molecule has 10 heteroatoms. The zero-order valence-electron chi connectivity index (χ0n) is 20.1. The molecule has 1 atom stereocenters. The summed E-state index contributed by atoms with van der Waals surface area (Å²) in [7, 11) is 0. The van der Waals surface area contributed by atoms with Crippen molar-refractivity contribution in [3.05, 3.63) is 40.7 Å². The zero-order chi connectivity index (χ0) is 25.5. The van der Waals surface area contributed by atoms with Gasteiger partial charge in [-0.15, -0.1) is 0 Å². The Labute approximate surface area is 201 Å². The highest BCUT2D eigenvalue weighted by Gasteiger charge is 2.44. The van der Waals surface area contributed by atoms with Crippen molar-refractivity contribution in [1.29, 1.82) is 0 Å². The summed E-state index contributed by atoms with van der Waals surface area (Å²) < 4.78 is 82.7. The van der Waals surface area contributed by atoms with E-state index in [1.54, 1.807) is 6.92 Å². The number of benzene rings is 1. The second-order valence-electron chi connectivity index (χ2n) is 9.42. The average molecular weight is 501 g/mol. The van der Waals surface area contributed by atoms with Crippen LogP contribution in [0.25, 0.3) is 0 Å². The summed E-state index contributed by atoms with van der Waals surface area (Å²) in [6.07, 6.45) is -0.314. The van der Waals surface area contributed by atoms with Gasteiger partial charge in [0.25, 0.3) is 0 Å². The molecule has 3 heterocycles. The van der Waals surface area contributed by atoms with Crippen molar-refractivity contribution in [3.63, 3.8) is 0 Å². The molecule has 1 aromatic heterocycles. The normalized spacial score (nSPS) is 17.9. The van der Waals surface area contributed by atoms with E-state index < -0.39 is 29.9 Å². The predicted octanol–water partition coefficient (Wildman–Crippen LogP) is 7.28. The molecule has 0 unspecified atom stereocenters. The molecule has 2 aromatic rings. The van der Waals surface area contributed by atoms with E-state index in [1.807, 2.05) is 0 Å². The van der Waals surface area contributed by atoms with Crippen LogP contribution < -0.4 is 9.80 Å². The van der Waals surface area contributed by atoms with Crippen LogP contribution in [0.5, 0.6) is 0 Å². The van der Waals surface area contributed by atoms with Gasteiger partial charge in [0.15, 0.2) is 6.67 Å². The quantitative estimate of drug-likeness (QED) is 0.357. The Bertz CT molecular complexity index is 1060. The summed E-state index contributed by atoms with van der Waals surface area (Å²) in [5, 5.41) is 0. The number of alkyl halides is 6. The van der Waals surface area contributed by atoms with Crippen LogP contribution in [-0.4, -0.2) is 35.8 Å². The van der Waals surface area contributed by atoms with Crippen molar-refractivity contribution < 1.29 is 26.3 Å². The molecule has 0 amide bonds. The molecule has 35 heavy (non-hydrogen) atoms. The average Bonchev–Trinajstić information content (AvgIpc) is 3.17. The van der Waals surface area contributed by atoms with Gasteiger partial charge in [-0.05, 0) is 38.3 Å². The van der Waals surface area contributed by atoms with Crippen molar-refractivity contribution in [3.8, 4) is 0 Å². The third-order valence-electron chi connectivity index (χ3n) is 6.94. The Kier molecular flexibility index (Phi) is 6.94. The number of rotatable bonds is 8. The van der Waals surface area contributed by atoms with Gasteiger partial charge in [-0.2, -0.15) is 22.0 Å². The van der Waals surface area contributed by atoms with Crippen LogP contribution in [0, 0.1) is 6.92 Å². The summed E-state index contributed by atoms with van der Waals surface area (Å²) in [4.78, 5) is 13.0. The van der Waals surface area contributed by atoms with E-state index in [0.717, 1.165) is 55.7 Å². The van der Waals surface area contributed by atoms with E-state index in [4.69, 9.17) is 4.98 Å². The molecule has 0 spiro atoms. The molecule has 4 nitrogen and oxygen atoms in total. The van der Waals surface area contributed by atoms with Gasteiger partial charge in [0.2, 0.25) is 0 Å². The molecule has 0 aliphatic carbocycles. The van der Waals surface area contributed by atoms with Crippen molar-refractivity contribution in [2.45, 2.75) is 76.9 Å². The van der Waals surface area contributed by atoms with Crippen molar-refractivity contribution >= 4 is 17.3 Å². The molecule has 0 saturated heterocycles. The highest BCUT2D eigenvalue weighted by Crippen LogP contribution is 2.50. The number of halogens is 6. The van der Waals surface area contributed by atoms with E-state index in [1.165, 1.54) is 4.90 Å². The monoisotopic (exact) mass is 500 g/mol. The molecule has 0 radical (unpaired) electrons. The van der Waals surface area contributed by atoms with E-state index >= 15 is 0 Å². The van der Waals surface area contributed by atoms with Crippen molar-refractivity contribution in [1.82, 2.24) is 9.97 Å². The van der Waals surface area contributed by atoms with Gasteiger partial charge in [-0.3, -0.25) is 0 Å². The van der Waals surface area contributed by atoms with Crippen LogP contribution in [0.1, 0.15) is 74.4 Å². The molecule has 2 aliphatic heterocycles.